The molecule has 2 aromatic rings. The van der Waals surface area contributed by atoms with Crippen molar-refractivity contribution in [1.82, 2.24) is 10.2 Å². The van der Waals surface area contributed by atoms with Crippen molar-refractivity contribution in [2.45, 2.75) is 65.1 Å². The number of nitrogens with one attached hydrogen (secondary N) is 1. The highest BCUT2D eigenvalue weighted by molar-refractivity contribution is 7.92. The Morgan fingerprint density at radius 1 is 0.973 bits per heavy atom. The number of carbonyl (C=O) groups excluding carboxylic acids is 2. The normalized spacial score (nSPS) is 13.1. The Kier molecular flexibility index (Phi) is 11.0. The van der Waals surface area contributed by atoms with Crippen LogP contribution in [0.15, 0.2) is 42.5 Å². The molecule has 0 aliphatic carbocycles. The Hall–Kier alpha value is -3.08. The van der Waals surface area contributed by atoms with E-state index in [-0.39, 0.29) is 43.6 Å². The van der Waals surface area contributed by atoms with Gasteiger partial charge in [0.15, 0.2) is 11.6 Å². The number of carbonyl (C=O) groups is 2. The maximum absolute atomic E-state index is 13.7. The SMILES string of the molecule is CCC(C)NC(=O)C(CC)N(Cc1ccc(F)cc1)C(=O)CCCN(c1ccc(F)c(F)c1)S(C)(=O)=O. The zero-order valence-corrected chi connectivity index (χ0v) is 22.3. The first kappa shape index (κ1) is 30.1. The van der Waals surface area contributed by atoms with Crippen molar-refractivity contribution in [1.29, 1.82) is 0 Å². The number of amides is 2. The van der Waals surface area contributed by atoms with E-state index in [4.69, 9.17) is 0 Å². The van der Waals surface area contributed by atoms with Gasteiger partial charge < -0.3 is 10.2 Å². The lowest BCUT2D eigenvalue weighted by molar-refractivity contribution is -0.141. The topological polar surface area (TPSA) is 86.8 Å². The van der Waals surface area contributed by atoms with Gasteiger partial charge in [0.1, 0.15) is 11.9 Å². The number of hydrogen-bond donors (Lipinski definition) is 1. The average molecular weight is 542 g/mol. The van der Waals surface area contributed by atoms with E-state index in [0.717, 1.165) is 28.8 Å². The molecule has 0 aliphatic heterocycles. The highest BCUT2D eigenvalue weighted by Gasteiger charge is 2.29. The van der Waals surface area contributed by atoms with Crippen molar-refractivity contribution < 1.29 is 31.2 Å². The second-order valence-electron chi connectivity index (χ2n) is 8.93. The number of hydrogen-bond acceptors (Lipinski definition) is 4. The second kappa shape index (κ2) is 13.5. The van der Waals surface area contributed by atoms with Gasteiger partial charge in [0.2, 0.25) is 21.8 Å². The first-order valence-electron chi connectivity index (χ1n) is 12.1. The van der Waals surface area contributed by atoms with Crippen LogP contribution in [0.4, 0.5) is 18.9 Å². The van der Waals surface area contributed by atoms with Gasteiger partial charge in [-0.25, -0.2) is 21.6 Å². The summed E-state index contributed by atoms with van der Waals surface area (Å²) in [7, 11) is -3.85. The van der Waals surface area contributed by atoms with E-state index in [9.17, 15) is 31.2 Å². The molecular formula is C26H34F3N3O4S. The molecule has 0 saturated heterocycles. The molecule has 2 unspecified atom stereocenters. The van der Waals surface area contributed by atoms with Crippen LogP contribution in [0.25, 0.3) is 0 Å². The molecule has 2 atom stereocenters. The van der Waals surface area contributed by atoms with E-state index >= 15 is 0 Å². The fraction of sp³-hybridized carbons (Fsp3) is 0.462. The minimum Gasteiger partial charge on any atom is -0.352 e. The molecule has 11 heteroatoms. The maximum atomic E-state index is 13.7. The van der Waals surface area contributed by atoms with Gasteiger partial charge in [-0.05, 0) is 56.0 Å². The van der Waals surface area contributed by atoms with Crippen LogP contribution in [-0.4, -0.2) is 50.0 Å². The van der Waals surface area contributed by atoms with E-state index in [0.29, 0.717) is 18.4 Å². The van der Waals surface area contributed by atoms with Gasteiger partial charge in [-0.2, -0.15) is 0 Å². The van der Waals surface area contributed by atoms with Crippen LogP contribution >= 0.6 is 0 Å². The van der Waals surface area contributed by atoms with Crippen molar-refractivity contribution in [3.05, 3.63) is 65.5 Å². The molecule has 7 nitrogen and oxygen atoms in total. The molecule has 0 bridgehead atoms. The van der Waals surface area contributed by atoms with Gasteiger partial charge in [-0.3, -0.25) is 13.9 Å². The van der Waals surface area contributed by atoms with E-state index in [2.05, 4.69) is 5.32 Å². The van der Waals surface area contributed by atoms with Crippen LogP contribution in [-0.2, 0) is 26.2 Å². The van der Waals surface area contributed by atoms with E-state index in [1.165, 1.54) is 29.2 Å². The van der Waals surface area contributed by atoms with Crippen molar-refractivity contribution in [2.24, 2.45) is 0 Å². The van der Waals surface area contributed by atoms with Gasteiger partial charge in [0.25, 0.3) is 0 Å². The van der Waals surface area contributed by atoms with Crippen molar-refractivity contribution in [2.75, 3.05) is 17.1 Å². The first-order valence-corrected chi connectivity index (χ1v) is 14.0. The molecule has 0 heterocycles. The molecular weight excluding hydrogens is 507 g/mol. The second-order valence-corrected chi connectivity index (χ2v) is 10.8. The van der Waals surface area contributed by atoms with Gasteiger partial charge in [0, 0.05) is 31.6 Å². The highest BCUT2D eigenvalue weighted by atomic mass is 32.2. The third-order valence-electron chi connectivity index (χ3n) is 6.00. The Labute approximate surface area is 216 Å². The van der Waals surface area contributed by atoms with E-state index in [1.807, 2.05) is 13.8 Å². The van der Waals surface area contributed by atoms with Crippen molar-refractivity contribution in [3.63, 3.8) is 0 Å². The average Bonchev–Trinajstić information content (AvgIpc) is 2.83. The third-order valence-corrected chi connectivity index (χ3v) is 7.19. The minimum atomic E-state index is -3.85. The van der Waals surface area contributed by atoms with Crippen LogP contribution in [0.1, 0.15) is 52.0 Å². The Morgan fingerprint density at radius 2 is 1.62 bits per heavy atom. The Morgan fingerprint density at radius 3 is 2.16 bits per heavy atom. The standard InChI is InChI=1S/C26H34F3N3O4S/c1-5-18(3)30-26(34)24(6-2)31(17-19-9-11-20(27)12-10-19)25(33)8-7-15-32(37(4,35)36)21-13-14-22(28)23(29)16-21/h9-14,16,18,24H,5-8,15,17H2,1-4H3,(H,30,34). The summed E-state index contributed by atoms with van der Waals surface area (Å²) in [6.07, 6.45) is 1.93. The summed E-state index contributed by atoms with van der Waals surface area (Å²) in [6.45, 7) is 5.46. The number of rotatable bonds is 13. The summed E-state index contributed by atoms with van der Waals surface area (Å²) < 4.78 is 66.0. The smallest absolute Gasteiger partial charge is 0.243 e. The van der Waals surface area contributed by atoms with Crippen LogP contribution in [0.3, 0.4) is 0 Å². The third kappa shape index (κ3) is 8.77. The maximum Gasteiger partial charge on any atom is 0.243 e. The first-order chi connectivity index (χ1) is 17.4. The predicted octanol–water partition coefficient (Wildman–Crippen LogP) is 4.37. The number of nitrogens with zero attached hydrogens (tertiary/aromatic N) is 2. The fourth-order valence-corrected chi connectivity index (χ4v) is 4.75. The lowest BCUT2D eigenvalue weighted by atomic mass is 10.1. The van der Waals surface area contributed by atoms with Gasteiger partial charge in [-0.1, -0.05) is 26.0 Å². The molecule has 2 amide bonds. The molecule has 0 radical (unpaired) electrons. The molecule has 204 valence electrons. The van der Waals surface area contributed by atoms with Crippen LogP contribution in [0.2, 0.25) is 0 Å². The van der Waals surface area contributed by atoms with Crippen LogP contribution < -0.4 is 9.62 Å². The molecule has 37 heavy (non-hydrogen) atoms. The fourth-order valence-electron chi connectivity index (χ4n) is 3.79. The zero-order valence-electron chi connectivity index (χ0n) is 21.5. The summed E-state index contributed by atoms with van der Waals surface area (Å²) in [6, 6.07) is 7.48. The molecule has 0 aliphatic rings. The Bertz CT molecular complexity index is 1180. The van der Waals surface area contributed by atoms with Crippen LogP contribution in [0, 0.1) is 17.5 Å². The monoisotopic (exact) mass is 541 g/mol. The number of halogens is 3. The lowest BCUT2D eigenvalue weighted by Gasteiger charge is -2.32. The molecule has 2 rings (SSSR count). The predicted molar refractivity (Wildman–Crippen MR) is 137 cm³/mol. The number of sulfonamides is 1. The molecule has 0 spiro atoms. The van der Waals surface area contributed by atoms with E-state index < -0.39 is 39.4 Å². The molecule has 2 aromatic carbocycles. The molecule has 0 fully saturated rings. The zero-order chi connectivity index (χ0) is 27.8. The summed E-state index contributed by atoms with van der Waals surface area (Å²) in [5.74, 6) is -3.43. The van der Waals surface area contributed by atoms with Crippen LogP contribution in [0.5, 0.6) is 0 Å². The lowest BCUT2D eigenvalue weighted by Crippen LogP contribution is -2.50. The Balaban J connectivity index is 2.23. The molecule has 0 saturated carbocycles. The van der Waals surface area contributed by atoms with Gasteiger partial charge in [-0.15, -0.1) is 0 Å². The van der Waals surface area contributed by atoms with Crippen molar-refractivity contribution in [3.8, 4) is 0 Å². The van der Waals surface area contributed by atoms with Gasteiger partial charge >= 0.3 is 0 Å². The van der Waals surface area contributed by atoms with E-state index in [1.54, 1.807) is 6.92 Å². The van der Waals surface area contributed by atoms with Crippen molar-refractivity contribution >= 4 is 27.5 Å². The largest absolute Gasteiger partial charge is 0.352 e. The van der Waals surface area contributed by atoms with Gasteiger partial charge in [0.05, 0.1) is 11.9 Å². The highest BCUT2D eigenvalue weighted by Crippen LogP contribution is 2.22. The summed E-state index contributed by atoms with van der Waals surface area (Å²) in [4.78, 5) is 27.7. The molecule has 1 N–H and O–H groups in total. The quantitative estimate of drug-likeness (QED) is 0.408. The number of benzene rings is 2. The summed E-state index contributed by atoms with van der Waals surface area (Å²) in [5, 5.41) is 2.89. The minimum absolute atomic E-state index is 0.0589. The summed E-state index contributed by atoms with van der Waals surface area (Å²) >= 11 is 0. The summed E-state index contributed by atoms with van der Waals surface area (Å²) in [5.41, 5.74) is 0.570. The number of anilines is 1. The molecule has 0 aromatic heterocycles.